The van der Waals surface area contributed by atoms with Crippen molar-refractivity contribution in [2.45, 2.75) is 12.5 Å². The Morgan fingerprint density at radius 1 is 1.07 bits per heavy atom. The van der Waals surface area contributed by atoms with Crippen LogP contribution < -0.4 is 0 Å². The molecule has 0 aromatic carbocycles. The smallest absolute Gasteiger partial charge is 0.101 e. The lowest BCUT2D eigenvalue weighted by atomic mass is 9.92. The predicted octanol–water partition coefficient (Wildman–Crippen LogP) is 0.0970. The maximum atomic E-state index is 9.07. The van der Waals surface area contributed by atoms with E-state index in [9.17, 15) is 0 Å². The molecule has 0 saturated carbocycles. The van der Waals surface area contributed by atoms with Crippen LogP contribution in [0.15, 0.2) is 25.3 Å². The zero-order chi connectivity index (χ0) is 11.9. The van der Waals surface area contributed by atoms with Crippen LogP contribution in [0.2, 0.25) is 0 Å². The first kappa shape index (κ1) is 14.3. The molecule has 0 amide bonds. The van der Waals surface area contributed by atoms with Gasteiger partial charge in [-0.3, -0.25) is 0 Å². The van der Waals surface area contributed by atoms with Crippen molar-refractivity contribution < 1.29 is 20.1 Å². The zero-order valence-corrected chi connectivity index (χ0v) is 9.15. The van der Waals surface area contributed by atoms with Crippen LogP contribution in [0.1, 0.15) is 6.92 Å². The van der Waals surface area contributed by atoms with E-state index in [2.05, 4.69) is 13.2 Å². The lowest BCUT2D eigenvalue weighted by Gasteiger charge is -2.31. The molecule has 3 N–H and O–H groups in total. The monoisotopic (exact) mass is 216 g/mol. The van der Waals surface area contributed by atoms with Gasteiger partial charge < -0.3 is 20.1 Å². The highest BCUT2D eigenvalue weighted by Gasteiger charge is 2.31. The van der Waals surface area contributed by atoms with Crippen molar-refractivity contribution in [3.63, 3.8) is 0 Å². The van der Waals surface area contributed by atoms with Crippen LogP contribution >= 0.6 is 0 Å². The molecule has 0 spiro atoms. The third-order valence-electron chi connectivity index (χ3n) is 2.51. The largest absolute Gasteiger partial charge is 0.396 e. The quantitative estimate of drug-likeness (QED) is 0.503. The number of aliphatic hydroxyl groups excluding tert-OH is 3. The first-order valence-corrected chi connectivity index (χ1v) is 4.75. The summed E-state index contributed by atoms with van der Waals surface area (Å²) in [5.74, 6) is 0. The van der Waals surface area contributed by atoms with Gasteiger partial charge in [-0.05, 0) is 6.92 Å². The number of ether oxygens (including phenoxy) is 1. The van der Waals surface area contributed by atoms with Crippen molar-refractivity contribution in [1.82, 2.24) is 0 Å². The molecule has 0 aliphatic rings. The second-order valence-corrected chi connectivity index (χ2v) is 3.86. The Bertz CT molecular complexity index is 192. The van der Waals surface area contributed by atoms with Crippen molar-refractivity contribution in [1.29, 1.82) is 0 Å². The van der Waals surface area contributed by atoms with Crippen LogP contribution in [0, 0.1) is 5.41 Å². The van der Waals surface area contributed by atoms with E-state index in [1.165, 1.54) is 0 Å². The zero-order valence-electron chi connectivity index (χ0n) is 9.15. The van der Waals surface area contributed by atoms with E-state index >= 15 is 0 Å². The summed E-state index contributed by atoms with van der Waals surface area (Å²) >= 11 is 0. The van der Waals surface area contributed by atoms with Gasteiger partial charge in [-0.1, -0.05) is 25.3 Å². The topological polar surface area (TPSA) is 69.9 Å². The first-order valence-electron chi connectivity index (χ1n) is 4.75. The van der Waals surface area contributed by atoms with E-state index < -0.39 is 11.0 Å². The van der Waals surface area contributed by atoms with Gasteiger partial charge >= 0.3 is 0 Å². The molecule has 15 heavy (non-hydrogen) atoms. The first-order chi connectivity index (χ1) is 7.01. The molecule has 4 heteroatoms. The van der Waals surface area contributed by atoms with Gasteiger partial charge in [0, 0.05) is 0 Å². The van der Waals surface area contributed by atoms with Gasteiger partial charge in [0.15, 0.2) is 0 Å². The van der Waals surface area contributed by atoms with Gasteiger partial charge in [-0.15, -0.1) is 0 Å². The minimum absolute atomic E-state index is 0.0328. The fourth-order valence-corrected chi connectivity index (χ4v) is 0.797. The molecule has 0 unspecified atom stereocenters. The molecule has 0 fully saturated rings. The number of aliphatic hydroxyl groups is 3. The lowest BCUT2D eigenvalue weighted by molar-refractivity contribution is -0.0850. The SMILES string of the molecule is C=CC(C)(C=C)OCC(CO)(CO)CO. The Morgan fingerprint density at radius 2 is 1.47 bits per heavy atom. The van der Waals surface area contributed by atoms with E-state index in [0.29, 0.717) is 0 Å². The molecule has 0 aliphatic heterocycles. The molecule has 0 aliphatic carbocycles. The third-order valence-corrected chi connectivity index (χ3v) is 2.51. The summed E-state index contributed by atoms with van der Waals surface area (Å²) in [4.78, 5) is 0. The molecule has 0 aromatic heterocycles. The molecular formula is C11H20O4. The number of rotatable bonds is 8. The molecule has 0 radical (unpaired) electrons. The molecule has 88 valence electrons. The van der Waals surface area contributed by atoms with Gasteiger partial charge in [0.1, 0.15) is 5.60 Å². The fourth-order valence-electron chi connectivity index (χ4n) is 0.797. The van der Waals surface area contributed by atoms with Crippen LogP contribution in [0.3, 0.4) is 0 Å². The molecular weight excluding hydrogens is 196 g/mol. The molecule has 0 bridgehead atoms. The molecule has 4 nitrogen and oxygen atoms in total. The van der Waals surface area contributed by atoms with Crippen LogP contribution in [-0.4, -0.2) is 47.3 Å². The Kier molecular flexibility index (Phi) is 5.75. The van der Waals surface area contributed by atoms with E-state index in [1.54, 1.807) is 19.1 Å². The Labute approximate surface area is 90.5 Å². The summed E-state index contributed by atoms with van der Waals surface area (Å²) in [5.41, 5.74) is -1.74. The van der Waals surface area contributed by atoms with Crippen molar-refractivity contribution >= 4 is 0 Å². The van der Waals surface area contributed by atoms with Crippen molar-refractivity contribution in [3.8, 4) is 0 Å². The maximum Gasteiger partial charge on any atom is 0.101 e. The summed E-state index contributed by atoms with van der Waals surface area (Å²) in [6, 6.07) is 0. The predicted molar refractivity (Wildman–Crippen MR) is 58.4 cm³/mol. The second kappa shape index (κ2) is 6.02. The van der Waals surface area contributed by atoms with Crippen LogP contribution in [0.25, 0.3) is 0 Å². The second-order valence-electron chi connectivity index (χ2n) is 3.86. The van der Waals surface area contributed by atoms with Gasteiger partial charge in [-0.2, -0.15) is 0 Å². The van der Waals surface area contributed by atoms with Gasteiger partial charge in [0.25, 0.3) is 0 Å². The van der Waals surface area contributed by atoms with Crippen LogP contribution in [0.5, 0.6) is 0 Å². The molecule has 0 aromatic rings. The highest BCUT2D eigenvalue weighted by atomic mass is 16.5. The van der Waals surface area contributed by atoms with Gasteiger partial charge in [-0.25, -0.2) is 0 Å². The van der Waals surface area contributed by atoms with Crippen molar-refractivity contribution in [2.24, 2.45) is 5.41 Å². The van der Waals surface area contributed by atoms with Crippen molar-refractivity contribution in [2.75, 3.05) is 26.4 Å². The maximum absolute atomic E-state index is 9.07. The van der Waals surface area contributed by atoms with Gasteiger partial charge in [0.2, 0.25) is 0 Å². The average molecular weight is 216 g/mol. The standard InChI is InChI=1S/C11H20O4/c1-4-10(3,5-2)15-9-11(6-12,7-13)8-14/h4-5,12-14H,1-2,6-9H2,3H3. The Hall–Kier alpha value is -0.680. The van der Waals surface area contributed by atoms with Gasteiger partial charge in [0.05, 0.1) is 31.8 Å². The Morgan fingerprint density at radius 3 is 1.73 bits per heavy atom. The lowest BCUT2D eigenvalue weighted by Crippen LogP contribution is -2.41. The van der Waals surface area contributed by atoms with E-state index in [0.717, 1.165) is 0 Å². The molecule has 0 atom stereocenters. The molecule has 0 saturated heterocycles. The minimum atomic E-state index is -1.02. The van der Waals surface area contributed by atoms with Crippen LogP contribution in [-0.2, 0) is 4.74 Å². The summed E-state index contributed by atoms with van der Waals surface area (Å²) in [6.07, 6.45) is 3.13. The Balaban J connectivity index is 4.45. The number of hydrogen-bond acceptors (Lipinski definition) is 4. The average Bonchev–Trinajstić information content (AvgIpc) is 2.31. The fraction of sp³-hybridized carbons (Fsp3) is 0.636. The molecule has 0 rings (SSSR count). The summed E-state index contributed by atoms with van der Waals surface area (Å²) in [7, 11) is 0. The van der Waals surface area contributed by atoms with E-state index in [-0.39, 0.29) is 26.4 Å². The summed E-state index contributed by atoms with van der Waals surface area (Å²) in [6.45, 7) is 7.95. The van der Waals surface area contributed by atoms with E-state index in [4.69, 9.17) is 20.1 Å². The minimum Gasteiger partial charge on any atom is -0.396 e. The highest BCUT2D eigenvalue weighted by molar-refractivity contribution is 5.06. The summed E-state index contributed by atoms with van der Waals surface area (Å²) in [5, 5.41) is 27.2. The third kappa shape index (κ3) is 3.76. The summed E-state index contributed by atoms with van der Waals surface area (Å²) < 4.78 is 5.45. The normalized spacial score (nSPS) is 12.5. The van der Waals surface area contributed by atoms with Crippen molar-refractivity contribution in [3.05, 3.63) is 25.3 Å². The van der Waals surface area contributed by atoms with Crippen LogP contribution in [0.4, 0.5) is 0 Å². The highest BCUT2D eigenvalue weighted by Crippen LogP contribution is 2.21. The van der Waals surface area contributed by atoms with E-state index in [1.807, 2.05) is 0 Å². The number of hydrogen-bond donors (Lipinski definition) is 3. The molecule has 0 heterocycles.